The molecule has 15 heavy (non-hydrogen) atoms. The molecule has 1 unspecified atom stereocenters. The first-order chi connectivity index (χ1) is 7.19. The van der Waals surface area contributed by atoms with Gasteiger partial charge in [0.2, 0.25) is 0 Å². The van der Waals surface area contributed by atoms with E-state index in [0.717, 1.165) is 5.56 Å². The van der Waals surface area contributed by atoms with Crippen molar-refractivity contribution in [3.63, 3.8) is 0 Å². The molecular weight excluding hydrogens is 212 g/mol. The average molecular weight is 223 g/mol. The summed E-state index contributed by atoms with van der Waals surface area (Å²) >= 11 is 5.74. The first kappa shape index (κ1) is 11.6. The van der Waals surface area contributed by atoms with Gasteiger partial charge in [-0.25, -0.2) is 0 Å². The van der Waals surface area contributed by atoms with Gasteiger partial charge in [-0.15, -0.1) is 6.58 Å². The average Bonchev–Trinajstić information content (AvgIpc) is 2.24. The van der Waals surface area contributed by atoms with Gasteiger partial charge < -0.3 is 5.11 Å². The summed E-state index contributed by atoms with van der Waals surface area (Å²) < 4.78 is 0. The minimum absolute atomic E-state index is 0.0147. The minimum atomic E-state index is -0.443. The van der Waals surface area contributed by atoms with E-state index < -0.39 is 6.04 Å². The molecule has 0 bridgehead atoms. The number of phenolic OH excluding ortho intramolecular Hbond substituents is 1. The molecule has 0 aromatic heterocycles. The highest BCUT2D eigenvalue weighted by Crippen LogP contribution is 2.26. The van der Waals surface area contributed by atoms with Crippen molar-refractivity contribution in [1.82, 2.24) is 5.32 Å². The number of hydrogen-bond donors (Lipinski definition) is 2. The second-order valence-electron chi connectivity index (χ2n) is 2.97. The summed E-state index contributed by atoms with van der Waals surface area (Å²) in [4.78, 5) is 0. The number of halogens is 1. The molecular formula is C11H11ClN2O. The van der Waals surface area contributed by atoms with E-state index in [1.807, 2.05) is 0 Å². The van der Waals surface area contributed by atoms with Crippen molar-refractivity contribution >= 4 is 11.6 Å². The minimum Gasteiger partial charge on any atom is -0.506 e. The van der Waals surface area contributed by atoms with Gasteiger partial charge in [-0.2, -0.15) is 5.26 Å². The van der Waals surface area contributed by atoms with Crippen LogP contribution in [0.15, 0.2) is 30.9 Å². The topological polar surface area (TPSA) is 56.0 Å². The highest BCUT2D eigenvalue weighted by atomic mass is 35.5. The Hall–Kier alpha value is -1.50. The van der Waals surface area contributed by atoms with E-state index in [4.69, 9.17) is 16.9 Å². The fraction of sp³-hybridized carbons (Fsp3) is 0.182. The summed E-state index contributed by atoms with van der Waals surface area (Å²) in [5.41, 5.74) is 0.724. The van der Waals surface area contributed by atoms with Crippen LogP contribution in [0.5, 0.6) is 5.75 Å². The maximum Gasteiger partial charge on any atom is 0.134 e. The molecule has 3 nitrogen and oxygen atoms in total. The Kier molecular flexibility index (Phi) is 4.17. The molecule has 2 N–H and O–H groups in total. The fourth-order valence-electron chi connectivity index (χ4n) is 1.14. The quantitative estimate of drug-likeness (QED) is 0.770. The maximum atomic E-state index is 9.22. The second kappa shape index (κ2) is 5.40. The predicted octanol–water partition coefficient (Wildman–Crippen LogP) is 2.39. The van der Waals surface area contributed by atoms with Crippen LogP contribution in [0.2, 0.25) is 5.02 Å². The molecule has 1 aromatic rings. The van der Waals surface area contributed by atoms with Gasteiger partial charge in [0.05, 0.1) is 11.1 Å². The summed E-state index contributed by atoms with van der Waals surface area (Å²) in [5, 5.41) is 21.3. The molecule has 0 saturated carbocycles. The molecule has 0 radical (unpaired) electrons. The van der Waals surface area contributed by atoms with Crippen LogP contribution < -0.4 is 5.32 Å². The monoisotopic (exact) mass is 222 g/mol. The van der Waals surface area contributed by atoms with Crippen molar-refractivity contribution < 1.29 is 5.11 Å². The van der Waals surface area contributed by atoms with E-state index in [2.05, 4.69) is 18.0 Å². The van der Waals surface area contributed by atoms with Crippen molar-refractivity contribution in [3.8, 4) is 11.8 Å². The molecule has 0 saturated heterocycles. The highest BCUT2D eigenvalue weighted by Gasteiger charge is 2.10. The lowest BCUT2D eigenvalue weighted by molar-refractivity contribution is 0.475. The Bertz CT molecular complexity index is 398. The van der Waals surface area contributed by atoms with Crippen molar-refractivity contribution in [2.75, 3.05) is 6.54 Å². The summed E-state index contributed by atoms with van der Waals surface area (Å²) in [5.74, 6) is 0.0147. The highest BCUT2D eigenvalue weighted by molar-refractivity contribution is 6.32. The zero-order chi connectivity index (χ0) is 11.3. The van der Waals surface area contributed by atoms with Gasteiger partial charge in [0.1, 0.15) is 11.8 Å². The Morgan fingerprint density at radius 3 is 2.93 bits per heavy atom. The summed E-state index contributed by atoms with van der Waals surface area (Å²) in [7, 11) is 0. The van der Waals surface area contributed by atoms with Crippen LogP contribution >= 0.6 is 11.6 Å². The fourth-order valence-corrected chi connectivity index (χ4v) is 1.33. The second-order valence-corrected chi connectivity index (χ2v) is 3.38. The first-order valence-electron chi connectivity index (χ1n) is 4.41. The number of nitrogens with one attached hydrogen (secondary N) is 1. The van der Waals surface area contributed by atoms with E-state index in [-0.39, 0.29) is 10.8 Å². The zero-order valence-corrected chi connectivity index (χ0v) is 8.83. The van der Waals surface area contributed by atoms with Crippen LogP contribution in [0.25, 0.3) is 0 Å². The van der Waals surface area contributed by atoms with Gasteiger partial charge in [-0.05, 0) is 17.7 Å². The van der Waals surface area contributed by atoms with Crippen LogP contribution in [0.3, 0.4) is 0 Å². The lowest BCUT2D eigenvalue weighted by Crippen LogP contribution is -2.19. The largest absolute Gasteiger partial charge is 0.506 e. The van der Waals surface area contributed by atoms with E-state index in [1.165, 1.54) is 6.07 Å². The molecule has 1 atom stereocenters. The third-order valence-corrected chi connectivity index (χ3v) is 2.20. The Morgan fingerprint density at radius 2 is 2.40 bits per heavy atom. The Balaban J connectivity index is 2.88. The third kappa shape index (κ3) is 2.98. The molecule has 0 aliphatic rings. The molecule has 0 fully saturated rings. The van der Waals surface area contributed by atoms with Gasteiger partial charge in [0, 0.05) is 6.54 Å². The lowest BCUT2D eigenvalue weighted by Gasteiger charge is -2.10. The predicted molar refractivity (Wildman–Crippen MR) is 59.7 cm³/mol. The number of aromatic hydroxyl groups is 1. The summed E-state index contributed by atoms with van der Waals surface area (Å²) in [6.45, 7) is 4.09. The number of rotatable bonds is 4. The third-order valence-electron chi connectivity index (χ3n) is 1.90. The van der Waals surface area contributed by atoms with E-state index in [1.54, 1.807) is 18.2 Å². The van der Waals surface area contributed by atoms with Gasteiger partial charge >= 0.3 is 0 Å². The SMILES string of the molecule is C=CCNC(C#N)c1ccc(O)c(Cl)c1. The molecule has 1 rings (SSSR count). The number of nitrogens with zero attached hydrogens (tertiary/aromatic N) is 1. The molecule has 0 spiro atoms. The van der Waals surface area contributed by atoms with Crippen LogP contribution in [-0.2, 0) is 0 Å². The van der Waals surface area contributed by atoms with E-state index in [9.17, 15) is 5.11 Å². The van der Waals surface area contributed by atoms with Crippen LogP contribution in [0, 0.1) is 11.3 Å². The van der Waals surface area contributed by atoms with Crippen molar-refractivity contribution in [1.29, 1.82) is 5.26 Å². The van der Waals surface area contributed by atoms with Crippen molar-refractivity contribution in [2.45, 2.75) is 6.04 Å². The zero-order valence-electron chi connectivity index (χ0n) is 8.07. The molecule has 1 aromatic carbocycles. The number of benzene rings is 1. The molecule has 0 amide bonds. The number of nitriles is 1. The molecule has 78 valence electrons. The van der Waals surface area contributed by atoms with E-state index >= 15 is 0 Å². The molecule has 4 heteroatoms. The van der Waals surface area contributed by atoms with Gasteiger partial charge in [-0.1, -0.05) is 23.7 Å². The standard InChI is InChI=1S/C11H11ClN2O/c1-2-5-14-10(7-13)8-3-4-11(15)9(12)6-8/h2-4,6,10,14-15H,1,5H2. The summed E-state index contributed by atoms with van der Waals surface area (Å²) in [6, 6.07) is 6.36. The molecule has 0 heterocycles. The number of hydrogen-bond acceptors (Lipinski definition) is 3. The summed E-state index contributed by atoms with van der Waals surface area (Å²) in [6.07, 6.45) is 1.67. The Labute approximate surface area is 93.6 Å². The first-order valence-corrected chi connectivity index (χ1v) is 4.79. The number of phenols is 1. The van der Waals surface area contributed by atoms with Gasteiger partial charge in [0.25, 0.3) is 0 Å². The Morgan fingerprint density at radius 1 is 1.67 bits per heavy atom. The van der Waals surface area contributed by atoms with Crippen LogP contribution in [0.1, 0.15) is 11.6 Å². The van der Waals surface area contributed by atoms with Crippen LogP contribution in [0.4, 0.5) is 0 Å². The molecule has 0 aliphatic carbocycles. The smallest absolute Gasteiger partial charge is 0.134 e. The molecule has 0 aliphatic heterocycles. The van der Waals surface area contributed by atoms with Gasteiger partial charge in [-0.3, -0.25) is 5.32 Å². The van der Waals surface area contributed by atoms with Crippen LogP contribution in [-0.4, -0.2) is 11.7 Å². The van der Waals surface area contributed by atoms with Crippen molar-refractivity contribution in [3.05, 3.63) is 41.4 Å². The van der Waals surface area contributed by atoms with E-state index in [0.29, 0.717) is 6.54 Å². The van der Waals surface area contributed by atoms with Gasteiger partial charge in [0.15, 0.2) is 0 Å². The van der Waals surface area contributed by atoms with Crippen molar-refractivity contribution in [2.24, 2.45) is 0 Å². The normalized spacial score (nSPS) is 11.7. The maximum absolute atomic E-state index is 9.22. The lowest BCUT2D eigenvalue weighted by atomic mass is 10.1.